The minimum absolute atomic E-state index is 0.261. The van der Waals surface area contributed by atoms with Gasteiger partial charge in [-0.3, -0.25) is 0 Å². The number of carbonyl (C=O) groups excluding carboxylic acids is 2. The molecule has 0 amide bonds. The average Bonchev–Trinajstić information content (AvgIpc) is 2.90. The van der Waals surface area contributed by atoms with E-state index in [-0.39, 0.29) is 12.0 Å². The van der Waals surface area contributed by atoms with Crippen LogP contribution in [0.4, 0.5) is 0 Å². The van der Waals surface area contributed by atoms with Crippen molar-refractivity contribution in [1.29, 1.82) is 0 Å². The third kappa shape index (κ3) is 2.98. The summed E-state index contributed by atoms with van der Waals surface area (Å²) >= 11 is 5.89. The van der Waals surface area contributed by atoms with Gasteiger partial charge in [0.05, 0.1) is 11.1 Å². The first-order chi connectivity index (χ1) is 12.1. The van der Waals surface area contributed by atoms with Crippen molar-refractivity contribution in [2.45, 2.75) is 6.42 Å². The fraction of sp³-hybridized carbons (Fsp3) is 0.158. The molecule has 2 aliphatic heterocycles. The molecule has 0 radical (unpaired) electrons. The molecule has 0 fully saturated rings. The van der Waals surface area contributed by atoms with Gasteiger partial charge in [-0.15, -0.1) is 0 Å². The molecule has 2 aromatic carbocycles. The zero-order valence-electron chi connectivity index (χ0n) is 13.1. The summed E-state index contributed by atoms with van der Waals surface area (Å²) in [5.74, 6) is -0.0998. The zero-order valence-corrected chi connectivity index (χ0v) is 13.8. The van der Waals surface area contributed by atoms with Crippen LogP contribution in [0.3, 0.4) is 0 Å². The Kier molecular flexibility index (Phi) is 3.93. The quantitative estimate of drug-likeness (QED) is 0.624. The summed E-state index contributed by atoms with van der Waals surface area (Å²) in [5, 5.41) is 0.606. The second-order valence-corrected chi connectivity index (χ2v) is 6.13. The van der Waals surface area contributed by atoms with Crippen LogP contribution in [0.25, 0.3) is 5.57 Å². The lowest BCUT2D eigenvalue weighted by molar-refractivity contribution is -0.150. The molecule has 0 bridgehead atoms. The van der Waals surface area contributed by atoms with Crippen molar-refractivity contribution in [3.63, 3.8) is 0 Å². The molecule has 0 aliphatic carbocycles. The van der Waals surface area contributed by atoms with Gasteiger partial charge in [0, 0.05) is 11.4 Å². The van der Waals surface area contributed by atoms with E-state index in [1.807, 2.05) is 12.1 Å². The Bertz CT molecular complexity index is 899. The lowest BCUT2D eigenvalue weighted by Gasteiger charge is -2.18. The first-order valence-corrected chi connectivity index (χ1v) is 8.14. The molecule has 2 aromatic rings. The molecule has 5 nitrogen and oxygen atoms in total. The molecule has 2 heterocycles. The number of fused-ring (bicyclic) bond motifs is 1. The third-order valence-corrected chi connectivity index (χ3v) is 4.31. The van der Waals surface area contributed by atoms with Gasteiger partial charge in [-0.2, -0.15) is 0 Å². The molecule has 0 unspecified atom stereocenters. The van der Waals surface area contributed by atoms with Crippen molar-refractivity contribution in [2.75, 3.05) is 13.2 Å². The molecule has 4 rings (SSSR count). The molecule has 126 valence electrons. The number of esters is 2. The van der Waals surface area contributed by atoms with E-state index < -0.39 is 11.9 Å². The Morgan fingerprint density at radius 3 is 2.36 bits per heavy atom. The molecular weight excluding hydrogens is 344 g/mol. The van der Waals surface area contributed by atoms with Crippen molar-refractivity contribution in [2.24, 2.45) is 0 Å². The number of ether oxygens (including phenoxy) is 3. The Morgan fingerprint density at radius 1 is 0.880 bits per heavy atom. The van der Waals surface area contributed by atoms with E-state index in [0.717, 1.165) is 5.56 Å². The maximum absolute atomic E-state index is 12.2. The number of benzene rings is 2. The fourth-order valence-corrected chi connectivity index (χ4v) is 3.01. The summed E-state index contributed by atoms with van der Waals surface area (Å²) in [6, 6.07) is 12.3. The Hall–Kier alpha value is -2.79. The normalized spacial score (nSPS) is 16.2. The highest BCUT2D eigenvalue weighted by atomic mass is 35.5. The van der Waals surface area contributed by atoms with Gasteiger partial charge in [0.1, 0.15) is 13.2 Å². The molecule has 6 heteroatoms. The standard InChI is InChI=1S/C19H13ClO5/c20-13-4-1-11(2-5-13)9-14-17(19(22)25-18(14)21)12-3-6-15-16(10-12)24-8-7-23-15/h1-6,10H,7-9H2. The lowest BCUT2D eigenvalue weighted by Crippen LogP contribution is -2.15. The number of hydrogen-bond acceptors (Lipinski definition) is 5. The lowest BCUT2D eigenvalue weighted by atomic mass is 9.96. The molecular formula is C19H13ClO5. The Balaban J connectivity index is 1.75. The summed E-state index contributed by atoms with van der Waals surface area (Å²) < 4.78 is 15.9. The van der Waals surface area contributed by atoms with E-state index in [1.54, 1.807) is 30.3 Å². The highest BCUT2D eigenvalue weighted by Crippen LogP contribution is 2.36. The predicted octanol–water partition coefficient (Wildman–Crippen LogP) is 3.19. The topological polar surface area (TPSA) is 61.8 Å². The SMILES string of the molecule is O=C1OC(=O)C(c2ccc3c(c2)OCCO3)=C1Cc1ccc(Cl)cc1. The monoisotopic (exact) mass is 356 g/mol. The summed E-state index contributed by atoms with van der Waals surface area (Å²) in [4.78, 5) is 24.4. The molecule has 0 N–H and O–H groups in total. The van der Waals surface area contributed by atoms with Crippen LogP contribution in [0.1, 0.15) is 11.1 Å². The average molecular weight is 357 g/mol. The number of cyclic esters (lactones) is 2. The minimum Gasteiger partial charge on any atom is -0.486 e. The van der Waals surface area contributed by atoms with Crippen LogP contribution >= 0.6 is 11.6 Å². The number of rotatable bonds is 3. The van der Waals surface area contributed by atoms with Gasteiger partial charge in [-0.05, 0) is 35.4 Å². The van der Waals surface area contributed by atoms with Crippen LogP contribution < -0.4 is 9.47 Å². The van der Waals surface area contributed by atoms with Gasteiger partial charge < -0.3 is 14.2 Å². The van der Waals surface area contributed by atoms with Gasteiger partial charge in [0.2, 0.25) is 0 Å². The Morgan fingerprint density at radius 2 is 1.60 bits per heavy atom. The molecule has 0 spiro atoms. The molecule has 0 aromatic heterocycles. The van der Waals surface area contributed by atoms with Crippen molar-refractivity contribution >= 4 is 29.1 Å². The van der Waals surface area contributed by atoms with Gasteiger partial charge >= 0.3 is 11.9 Å². The summed E-state index contributed by atoms with van der Waals surface area (Å²) in [5.41, 5.74) is 2.02. The first kappa shape index (κ1) is 15.7. The summed E-state index contributed by atoms with van der Waals surface area (Å²) in [6.45, 7) is 0.925. The first-order valence-electron chi connectivity index (χ1n) is 7.76. The van der Waals surface area contributed by atoms with E-state index in [4.69, 9.17) is 25.8 Å². The molecule has 2 aliphatic rings. The summed E-state index contributed by atoms with van der Waals surface area (Å²) in [7, 11) is 0. The van der Waals surface area contributed by atoms with Crippen LogP contribution in [0.15, 0.2) is 48.0 Å². The minimum atomic E-state index is -0.648. The van der Waals surface area contributed by atoms with Gasteiger partial charge in [-0.25, -0.2) is 9.59 Å². The number of carbonyl (C=O) groups is 2. The second kappa shape index (κ2) is 6.26. The smallest absolute Gasteiger partial charge is 0.347 e. The van der Waals surface area contributed by atoms with Crippen LogP contribution in [-0.2, 0) is 20.7 Å². The van der Waals surface area contributed by atoms with E-state index >= 15 is 0 Å². The van der Waals surface area contributed by atoms with Crippen molar-refractivity contribution in [3.8, 4) is 11.5 Å². The molecule has 25 heavy (non-hydrogen) atoms. The zero-order chi connectivity index (χ0) is 17.4. The van der Waals surface area contributed by atoms with E-state index in [0.29, 0.717) is 40.9 Å². The molecule has 0 atom stereocenters. The van der Waals surface area contributed by atoms with Gasteiger partial charge in [0.15, 0.2) is 11.5 Å². The van der Waals surface area contributed by atoms with Crippen LogP contribution in [0.5, 0.6) is 11.5 Å². The maximum Gasteiger partial charge on any atom is 0.347 e. The van der Waals surface area contributed by atoms with Crippen molar-refractivity contribution < 1.29 is 23.8 Å². The molecule has 0 saturated carbocycles. The van der Waals surface area contributed by atoms with E-state index in [1.165, 1.54) is 0 Å². The van der Waals surface area contributed by atoms with Gasteiger partial charge in [-0.1, -0.05) is 29.8 Å². The largest absolute Gasteiger partial charge is 0.486 e. The second-order valence-electron chi connectivity index (χ2n) is 5.69. The fourth-order valence-electron chi connectivity index (χ4n) is 2.88. The van der Waals surface area contributed by atoms with Crippen LogP contribution in [0.2, 0.25) is 5.02 Å². The van der Waals surface area contributed by atoms with Crippen molar-refractivity contribution in [1.82, 2.24) is 0 Å². The van der Waals surface area contributed by atoms with E-state index in [9.17, 15) is 9.59 Å². The maximum atomic E-state index is 12.2. The third-order valence-electron chi connectivity index (χ3n) is 4.06. The number of hydrogen-bond donors (Lipinski definition) is 0. The summed E-state index contributed by atoms with van der Waals surface area (Å²) in [6.07, 6.45) is 0.283. The molecule has 0 saturated heterocycles. The highest BCUT2D eigenvalue weighted by molar-refractivity contribution is 6.31. The van der Waals surface area contributed by atoms with Crippen LogP contribution in [-0.4, -0.2) is 25.2 Å². The predicted molar refractivity (Wildman–Crippen MR) is 90.6 cm³/mol. The number of halogens is 1. The van der Waals surface area contributed by atoms with E-state index in [2.05, 4.69) is 0 Å². The highest BCUT2D eigenvalue weighted by Gasteiger charge is 2.34. The van der Waals surface area contributed by atoms with Crippen molar-refractivity contribution in [3.05, 3.63) is 64.2 Å². The Labute approximate surface area is 148 Å². The van der Waals surface area contributed by atoms with Crippen LogP contribution in [0, 0.1) is 0 Å². The van der Waals surface area contributed by atoms with Gasteiger partial charge in [0.25, 0.3) is 0 Å².